The number of halogens is 1. The van der Waals surface area contributed by atoms with Gasteiger partial charge in [0.2, 0.25) is 0 Å². The number of hydrogen-bond acceptors (Lipinski definition) is 2. The minimum Gasteiger partial charge on any atom is -0.506 e. The van der Waals surface area contributed by atoms with E-state index in [0.29, 0.717) is 0 Å². The molecule has 3 rings (SSSR count). The number of fused-ring (bicyclic) bond motifs is 1. The van der Waals surface area contributed by atoms with Gasteiger partial charge in [0, 0.05) is 5.56 Å². The molecule has 0 bridgehead atoms. The van der Waals surface area contributed by atoms with Crippen LogP contribution < -0.4 is 0 Å². The third kappa shape index (κ3) is 1.33. The molecule has 2 nitrogen and oxygen atoms in total. The molecule has 0 heterocycles. The van der Waals surface area contributed by atoms with Crippen molar-refractivity contribution < 1.29 is 10.2 Å². The molecule has 0 aliphatic heterocycles. The molecule has 80 valence electrons. The maximum absolute atomic E-state index is 10.1. The fourth-order valence-corrected chi connectivity index (χ4v) is 3.09. The predicted octanol–water partition coefficient (Wildman–Crippen LogP) is 2.62. The van der Waals surface area contributed by atoms with E-state index in [2.05, 4.69) is 15.9 Å². The molecular formula is C12H13BrO2. The van der Waals surface area contributed by atoms with E-state index < -0.39 is 5.60 Å². The van der Waals surface area contributed by atoms with E-state index in [-0.39, 0.29) is 5.75 Å². The standard InChI is InChI=1S/C12H13BrO2/c13-10-8-3-1-2-7(8)6-9(11(10)14)12(15)4-5-12/h6,14-15H,1-5H2. The first-order valence-electron chi connectivity index (χ1n) is 5.38. The fourth-order valence-electron chi connectivity index (χ4n) is 2.42. The fraction of sp³-hybridized carbons (Fsp3) is 0.500. The topological polar surface area (TPSA) is 40.5 Å². The molecule has 15 heavy (non-hydrogen) atoms. The van der Waals surface area contributed by atoms with Gasteiger partial charge >= 0.3 is 0 Å². The van der Waals surface area contributed by atoms with Gasteiger partial charge in [-0.1, -0.05) is 0 Å². The molecule has 3 heteroatoms. The zero-order chi connectivity index (χ0) is 10.6. The van der Waals surface area contributed by atoms with Crippen LogP contribution in [0.2, 0.25) is 0 Å². The lowest BCUT2D eigenvalue weighted by Crippen LogP contribution is -2.06. The average Bonchev–Trinajstić information content (AvgIpc) is 2.80. The van der Waals surface area contributed by atoms with E-state index in [0.717, 1.165) is 42.1 Å². The summed E-state index contributed by atoms with van der Waals surface area (Å²) in [5, 5.41) is 20.1. The van der Waals surface area contributed by atoms with Crippen LogP contribution in [0.5, 0.6) is 5.75 Å². The summed E-state index contributed by atoms with van der Waals surface area (Å²) in [6.45, 7) is 0. The molecule has 0 unspecified atom stereocenters. The lowest BCUT2D eigenvalue weighted by atomic mass is 10.00. The van der Waals surface area contributed by atoms with Crippen LogP contribution in [0.1, 0.15) is 36.0 Å². The lowest BCUT2D eigenvalue weighted by Gasteiger charge is -2.15. The van der Waals surface area contributed by atoms with Crippen LogP contribution in [0.15, 0.2) is 10.5 Å². The molecule has 1 fully saturated rings. The molecule has 1 saturated carbocycles. The maximum Gasteiger partial charge on any atom is 0.136 e. The van der Waals surface area contributed by atoms with Gasteiger partial charge in [0.25, 0.3) is 0 Å². The van der Waals surface area contributed by atoms with E-state index in [9.17, 15) is 10.2 Å². The van der Waals surface area contributed by atoms with Crippen LogP contribution in [-0.4, -0.2) is 10.2 Å². The smallest absolute Gasteiger partial charge is 0.136 e. The molecule has 2 aliphatic carbocycles. The van der Waals surface area contributed by atoms with E-state index >= 15 is 0 Å². The van der Waals surface area contributed by atoms with Gasteiger partial charge in [0.05, 0.1) is 10.1 Å². The predicted molar refractivity (Wildman–Crippen MR) is 61.0 cm³/mol. The Bertz CT molecular complexity index is 436. The molecule has 0 saturated heterocycles. The van der Waals surface area contributed by atoms with Crippen molar-refractivity contribution in [2.75, 3.05) is 0 Å². The maximum atomic E-state index is 10.1. The highest BCUT2D eigenvalue weighted by Gasteiger charge is 2.45. The Hall–Kier alpha value is -0.540. The Balaban J connectivity index is 2.20. The van der Waals surface area contributed by atoms with Crippen molar-refractivity contribution in [1.29, 1.82) is 0 Å². The normalized spacial score (nSPS) is 21.5. The van der Waals surface area contributed by atoms with Crippen LogP contribution in [0, 0.1) is 0 Å². The molecule has 0 spiro atoms. The largest absolute Gasteiger partial charge is 0.506 e. The summed E-state index contributed by atoms with van der Waals surface area (Å²) >= 11 is 3.44. The van der Waals surface area contributed by atoms with Crippen LogP contribution in [-0.2, 0) is 18.4 Å². The summed E-state index contributed by atoms with van der Waals surface area (Å²) in [7, 11) is 0. The highest BCUT2D eigenvalue weighted by Crippen LogP contribution is 2.52. The number of aliphatic hydroxyl groups is 1. The average molecular weight is 269 g/mol. The number of rotatable bonds is 1. The quantitative estimate of drug-likeness (QED) is 0.822. The number of aryl methyl sites for hydroxylation is 1. The summed E-state index contributed by atoms with van der Waals surface area (Å²) in [4.78, 5) is 0. The summed E-state index contributed by atoms with van der Waals surface area (Å²) < 4.78 is 0.799. The zero-order valence-corrected chi connectivity index (χ0v) is 9.97. The van der Waals surface area contributed by atoms with Gasteiger partial charge < -0.3 is 10.2 Å². The second-order valence-corrected chi connectivity index (χ2v) is 5.40. The van der Waals surface area contributed by atoms with Gasteiger partial charge in [-0.3, -0.25) is 0 Å². The number of hydrogen-bond donors (Lipinski definition) is 2. The molecule has 1 aromatic rings. The summed E-state index contributed by atoms with van der Waals surface area (Å²) in [6.07, 6.45) is 4.78. The Morgan fingerprint density at radius 3 is 2.67 bits per heavy atom. The van der Waals surface area contributed by atoms with Crippen molar-refractivity contribution in [1.82, 2.24) is 0 Å². The van der Waals surface area contributed by atoms with Crippen LogP contribution >= 0.6 is 15.9 Å². The van der Waals surface area contributed by atoms with Crippen molar-refractivity contribution in [3.05, 3.63) is 27.2 Å². The van der Waals surface area contributed by atoms with E-state index in [1.54, 1.807) is 0 Å². The van der Waals surface area contributed by atoms with Crippen LogP contribution in [0.4, 0.5) is 0 Å². The molecule has 2 aliphatic rings. The van der Waals surface area contributed by atoms with Crippen molar-refractivity contribution in [2.45, 2.75) is 37.7 Å². The van der Waals surface area contributed by atoms with Gasteiger partial charge in [0.1, 0.15) is 5.75 Å². The first-order valence-corrected chi connectivity index (χ1v) is 6.17. The molecule has 0 atom stereocenters. The van der Waals surface area contributed by atoms with Crippen LogP contribution in [0.25, 0.3) is 0 Å². The second-order valence-electron chi connectivity index (χ2n) is 4.61. The van der Waals surface area contributed by atoms with E-state index in [4.69, 9.17) is 0 Å². The van der Waals surface area contributed by atoms with Crippen molar-refractivity contribution in [3.63, 3.8) is 0 Å². The summed E-state index contributed by atoms with van der Waals surface area (Å²) in [5.41, 5.74) is 2.48. The Labute approximate surface area is 97.1 Å². The molecule has 1 aromatic carbocycles. The highest BCUT2D eigenvalue weighted by molar-refractivity contribution is 9.10. The Morgan fingerprint density at radius 1 is 1.27 bits per heavy atom. The van der Waals surface area contributed by atoms with Gasteiger partial charge in [-0.15, -0.1) is 0 Å². The van der Waals surface area contributed by atoms with Gasteiger partial charge in [-0.05, 0) is 65.2 Å². The molecule has 2 N–H and O–H groups in total. The minimum absolute atomic E-state index is 0.246. The van der Waals surface area contributed by atoms with E-state index in [1.165, 1.54) is 11.1 Å². The highest BCUT2D eigenvalue weighted by atomic mass is 79.9. The van der Waals surface area contributed by atoms with Crippen molar-refractivity contribution >= 4 is 15.9 Å². The Kier molecular flexibility index (Phi) is 1.92. The molecule has 0 aromatic heterocycles. The number of phenolic OH excluding ortho intramolecular Hbond substituents is 1. The summed E-state index contributed by atoms with van der Waals surface area (Å²) in [5.74, 6) is 0.246. The molecule has 0 radical (unpaired) electrons. The monoisotopic (exact) mass is 268 g/mol. The SMILES string of the molecule is Oc1c(C2(O)CC2)cc2c(c1Br)CCC2. The van der Waals surface area contributed by atoms with Gasteiger partial charge in [0.15, 0.2) is 0 Å². The van der Waals surface area contributed by atoms with E-state index in [1.807, 2.05) is 6.07 Å². The minimum atomic E-state index is -0.746. The third-order valence-corrected chi connectivity index (χ3v) is 4.39. The number of phenols is 1. The number of benzene rings is 1. The first-order chi connectivity index (χ1) is 7.12. The lowest BCUT2D eigenvalue weighted by molar-refractivity contribution is 0.147. The first kappa shape index (κ1) is 9.67. The third-order valence-electron chi connectivity index (χ3n) is 3.53. The zero-order valence-electron chi connectivity index (χ0n) is 8.39. The number of aromatic hydroxyl groups is 1. The molecular weight excluding hydrogens is 256 g/mol. The van der Waals surface area contributed by atoms with Crippen molar-refractivity contribution in [2.24, 2.45) is 0 Å². The second kappa shape index (κ2) is 2.98. The van der Waals surface area contributed by atoms with Crippen LogP contribution in [0.3, 0.4) is 0 Å². The van der Waals surface area contributed by atoms with Crippen molar-refractivity contribution in [3.8, 4) is 5.75 Å². The summed E-state index contributed by atoms with van der Waals surface area (Å²) in [6, 6.07) is 2.00. The molecule has 0 amide bonds. The Morgan fingerprint density at radius 2 is 2.00 bits per heavy atom. The van der Waals surface area contributed by atoms with Gasteiger partial charge in [-0.25, -0.2) is 0 Å². The van der Waals surface area contributed by atoms with Gasteiger partial charge in [-0.2, -0.15) is 0 Å².